The second-order valence-corrected chi connectivity index (χ2v) is 1.48. The molecule has 0 spiro atoms. The third-order valence-corrected chi connectivity index (χ3v) is 0.612. The molecule has 0 heterocycles. The van der Waals surface area contributed by atoms with Crippen LogP contribution in [-0.4, -0.2) is 12.0 Å². The Morgan fingerprint density at radius 1 is 2.00 bits per heavy atom. The van der Waals surface area contributed by atoms with E-state index in [1.807, 2.05) is 6.26 Å². The molecular weight excluding hydrogens is 68.1 g/mol. The van der Waals surface area contributed by atoms with E-state index in [1.165, 1.54) is 0 Å². The maximum absolute atomic E-state index is 3.57. The topological polar surface area (TPSA) is 0 Å². The third kappa shape index (κ3) is 2.35. The van der Waals surface area contributed by atoms with E-state index in [9.17, 15) is 0 Å². The monoisotopic (exact) mass is 75.0 g/mol. The van der Waals surface area contributed by atoms with Crippen molar-refractivity contribution >= 4 is 11.8 Å². The molecule has 0 atom stereocenters. The van der Waals surface area contributed by atoms with E-state index in [0.717, 1.165) is 5.75 Å². The van der Waals surface area contributed by atoms with Gasteiger partial charge in [-0.1, -0.05) is 0 Å². The van der Waals surface area contributed by atoms with Crippen LogP contribution in [0.15, 0.2) is 0 Å². The highest BCUT2D eigenvalue weighted by Crippen LogP contribution is 1.83. The van der Waals surface area contributed by atoms with Gasteiger partial charge < -0.3 is 0 Å². The molecule has 0 nitrogen and oxygen atoms in total. The molecule has 0 amide bonds. The van der Waals surface area contributed by atoms with E-state index in [1.54, 1.807) is 11.8 Å². The van der Waals surface area contributed by atoms with E-state index in [2.05, 4.69) is 6.92 Å². The Bertz CT molecular complexity index is 5.25. The Morgan fingerprint density at radius 3 is 2.25 bits per heavy atom. The first-order valence-electron chi connectivity index (χ1n) is 1.20. The lowest BCUT2D eigenvalue weighted by Gasteiger charge is -1.69. The fourth-order valence-electron chi connectivity index (χ4n) is 0. The fraction of sp³-hybridized carbons (Fsp3) is 0.667. The van der Waals surface area contributed by atoms with Gasteiger partial charge in [0.15, 0.2) is 0 Å². The summed E-state index contributed by atoms with van der Waals surface area (Å²) in [5.74, 6) is 0.986. The Labute approximate surface area is 31.6 Å². The molecule has 0 aliphatic heterocycles. The Balaban J connectivity index is 1.97. The van der Waals surface area contributed by atoms with Crippen molar-refractivity contribution in [2.75, 3.05) is 12.0 Å². The molecule has 0 saturated heterocycles. The highest BCUT2D eigenvalue weighted by molar-refractivity contribution is 7.98. The first-order valence-corrected chi connectivity index (χ1v) is 2.59. The minimum absolute atomic E-state index is 0.986. The maximum Gasteiger partial charge on any atom is -0.00700 e. The Kier molecular flexibility index (Phi) is 3.64. The van der Waals surface area contributed by atoms with Crippen LogP contribution in [-0.2, 0) is 0 Å². The minimum Gasteiger partial charge on any atom is -0.165 e. The van der Waals surface area contributed by atoms with Crippen LogP contribution in [0.3, 0.4) is 0 Å². The van der Waals surface area contributed by atoms with Crippen molar-refractivity contribution in [2.24, 2.45) is 0 Å². The summed E-state index contributed by atoms with van der Waals surface area (Å²) < 4.78 is 0. The van der Waals surface area contributed by atoms with Gasteiger partial charge in [-0.05, 0) is 18.9 Å². The summed E-state index contributed by atoms with van der Waals surface area (Å²) in [5.41, 5.74) is 0. The van der Waals surface area contributed by atoms with E-state index in [-0.39, 0.29) is 0 Å². The number of hydrogen-bond acceptors (Lipinski definition) is 1. The number of rotatable bonds is 1. The molecule has 0 fully saturated rings. The van der Waals surface area contributed by atoms with Gasteiger partial charge >= 0.3 is 0 Å². The molecule has 0 aromatic heterocycles. The standard InChI is InChI=1S/C3H7S/c1-3-4-2/h1,3H2,2H3. The van der Waals surface area contributed by atoms with Crippen molar-refractivity contribution in [3.63, 3.8) is 0 Å². The zero-order valence-electron chi connectivity index (χ0n) is 2.82. The smallest absolute Gasteiger partial charge is 0.00700 e. The lowest BCUT2D eigenvalue weighted by molar-refractivity contribution is 1.83. The van der Waals surface area contributed by atoms with Gasteiger partial charge in [-0.25, -0.2) is 0 Å². The zero-order chi connectivity index (χ0) is 3.41. The van der Waals surface area contributed by atoms with Crippen molar-refractivity contribution in [3.8, 4) is 0 Å². The van der Waals surface area contributed by atoms with Crippen LogP contribution >= 0.6 is 11.8 Å². The molecule has 0 rings (SSSR count). The van der Waals surface area contributed by atoms with Crippen LogP contribution in [0.25, 0.3) is 0 Å². The number of thioether (sulfide) groups is 1. The van der Waals surface area contributed by atoms with Gasteiger partial charge in [-0.15, -0.1) is 0 Å². The van der Waals surface area contributed by atoms with Crippen molar-refractivity contribution in [3.05, 3.63) is 6.92 Å². The molecule has 0 aromatic carbocycles. The molecule has 4 heavy (non-hydrogen) atoms. The summed E-state index contributed by atoms with van der Waals surface area (Å²) in [6.45, 7) is 3.57. The zero-order valence-corrected chi connectivity index (χ0v) is 3.64. The van der Waals surface area contributed by atoms with Crippen molar-refractivity contribution in [2.45, 2.75) is 0 Å². The van der Waals surface area contributed by atoms with Gasteiger partial charge in [0.25, 0.3) is 0 Å². The predicted octanol–water partition coefficient (Wildman–Crippen LogP) is 1.18. The van der Waals surface area contributed by atoms with Crippen molar-refractivity contribution in [1.29, 1.82) is 0 Å². The highest BCUT2D eigenvalue weighted by Gasteiger charge is 1.55. The van der Waals surface area contributed by atoms with Crippen LogP contribution in [0.2, 0.25) is 0 Å². The summed E-state index contributed by atoms with van der Waals surface area (Å²) in [4.78, 5) is 0. The van der Waals surface area contributed by atoms with Gasteiger partial charge in [0.1, 0.15) is 0 Å². The lowest BCUT2D eigenvalue weighted by atomic mass is 11.0. The second kappa shape index (κ2) is 3.35. The molecular formula is C3H7S. The Morgan fingerprint density at radius 2 is 2.25 bits per heavy atom. The Hall–Kier alpha value is 0.350. The van der Waals surface area contributed by atoms with Crippen LogP contribution in [0, 0.1) is 6.92 Å². The van der Waals surface area contributed by atoms with Gasteiger partial charge in [-0.2, -0.15) is 11.8 Å². The predicted molar refractivity (Wildman–Crippen MR) is 23.7 cm³/mol. The molecule has 0 N–H and O–H groups in total. The molecule has 0 bridgehead atoms. The molecule has 1 radical (unpaired) electrons. The summed E-state index contributed by atoms with van der Waals surface area (Å²) in [6.07, 6.45) is 2.03. The molecule has 0 aliphatic carbocycles. The largest absolute Gasteiger partial charge is 0.165 e. The highest BCUT2D eigenvalue weighted by atomic mass is 32.2. The SMILES string of the molecule is [CH2]CSC. The fourth-order valence-corrected chi connectivity index (χ4v) is 0. The normalized spacial score (nSPS) is 7.50. The second-order valence-electron chi connectivity index (χ2n) is 0.493. The summed E-state index contributed by atoms with van der Waals surface area (Å²) in [6, 6.07) is 0. The average molecular weight is 75.2 g/mol. The van der Waals surface area contributed by atoms with Crippen LogP contribution < -0.4 is 0 Å². The van der Waals surface area contributed by atoms with E-state index >= 15 is 0 Å². The summed E-state index contributed by atoms with van der Waals surface area (Å²) >= 11 is 1.75. The molecule has 0 saturated carbocycles. The quantitative estimate of drug-likeness (QED) is 0.451. The van der Waals surface area contributed by atoms with Gasteiger partial charge in [0.05, 0.1) is 0 Å². The first kappa shape index (κ1) is 4.35. The lowest BCUT2D eigenvalue weighted by Crippen LogP contribution is -1.53. The molecule has 0 unspecified atom stereocenters. The van der Waals surface area contributed by atoms with Crippen LogP contribution in [0.4, 0.5) is 0 Å². The maximum atomic E-state index is 3.57. The van der Waals surface area contributed by atoms with Crippen molar-refractivity contribution in [1.82, 2.24) is 0 Å². The number of hydrogen-bond donors (Lipinski definition) is 0. The van der Waals surface area contributed by atoms with Crippen molar-refractivity contribution < 1.29 is 0 Å². The van der Waals surface area contributed by atoms with Crippen LogP contribution in [0.1, 0.15) is 0 Å². The minimum atomic E-state index is 0.986. The van der Waals surface area contributed by atoms with Gasteiger partial charge in [0, 0.05) is 0 Å². The average Bonchev–Trinajstić information content (AvgIpc) is 1.37. The van der Waals surface area contributed by atoms with E-state index in [0.29, 0.717) is 0 Å². The van der Waals surface area contributed by atoms with E-state index < -0.39 is 0 Å². The molecule has 0 aliphatic rings. The van der Waals surface area contributed by atoms with E-state index in [4.69, 9.17) is 0 Å². The van der Waals surface area contributed by atoms with Gasteiger partial charge in [0.2, 0.25) is 0 Å². The molecule has 25 valence electrons. The van der Waals surface area contributed by atoms with Gasteiger partial charge in [-0.3, -0.25) is 0 Å². The molecule has 0 aromatic rings. The first-order chi connectivity index (χ1) is 1.91. The third-order valence-electron chi connectivity index (χ3n) is 0.204. The molecule has 1 heteroatoms. The summed E-state index contributed by atoms with van der Waals surface area (Å²) in [7, 11) is 0. The van der Waals surface area contributed by atoms with Crippen LogP contribution in [0.5, 0.6) is 0 Å². The summed E-state index contributed by atoms with van der Waals surface area (Å²) in [5, 5.41) is 0.